The van der Waals surface area contributed by atoms with Crippen molar-refractivity contribution < 1.29 is 14.0 Å². The Morgan fingerprint density at radius 2 is 1.73 bits per heavy atom. The topological polar surface area (TPSA) is 45.5 Å². The molecule has 22 heavy (non-hydrogen) atoms. The van der Waals surface area contributed by atoms with Crippen molar-refractivity contribution in [1.29, 1.82) is 0 Å². The van der Waals surface area contributed by atoms with Crippen molar-refractivity contribution in [1.82, 2.24) is 9.78 Å². The molecule has 1 aromatic heterocycles. The molecule has 0 radical (unpaired) electrons. The van der Waals surface area contributed by atoms with E-state index in [-0.39, 0.29) is 18.3 Å². The molecular formula is C16H27BN2O3. The maximum absolute atomic E-state index is 6.09. The van der Waals surface area contributed by atoms with E-state index in [2.05, 4.69) is 43.7 Å². The Kier molecular flexibility index (Phi) is 4.12. The molecule has 0 atom stereocenters. The summed E-state index contributed by atoms with van der Waals surface area (Å²) in [7, 11) is 1.48. The Morgan fingerprint density at radius 3 is 2.27 bits per heavy atom. The molecule has 1 saturated carbocycles. The van der Waals surface area contributed by atoms with Crippen LogP contribution in [-0.4, -0.2) is 41.3 Å². The standard InChI is InChI=1S/C16H27BN2O3/c1-15(2)16(3,4)22-17(21-15)12-10-18-19(11-12)13-6-8-14(20-5)9-7-13/h10-11,13-14H,6-9H2,1-5H3. The van der Waals surface area contributed by atoms with Gasteiger partial charge in [-0.15, -0.1) is 0 Å². The molecule has 0 amide bonds. The van der Waals surface area contributed by atoms with E-state index < -0.39 is 0 Å². The first-order chi connectivity index (χ1) is 10.3. The highest BCUT2D eigenvalue weighted by molar-refractivity contribution is 6.61. The molecule has 2 heterocycles. The number of nitrogens with zero attached hydrogens (tertiary/aromatic N) is 2. The maximum atomic E-state index is 6.09. The second-order valence-electron chi connectivity index (χ2n) is 7.51. The van der Waals surface area contributed by atoms with Crippen molar-refractivity contribution in [2.45, 2.75) is 76.7 Å². The molecule has 0 unspecified atom stereocenters. The van der Waals surface area contributed by atoms with Crippen LogP contribution in [0, 0.1) is 0 Å². The molecule has 122 valence electrons. The lowest BCUT2D eigenvalue weighted by Gasteiger charge is -2.32. The fourth-order valence-corrected chi connectivity index (χ4v) is 3.20. The minimum absolute atomic E-state index is 0.309. The first-order valence-corrected chi connectivity index (χ1v) is 8.25. The number of methoxy groups -OCH3 is 1. The van der Waals surface area contributed by atoms with Crippen molar-refractivity contribution in [3.05, 3.63) is 12.4 Å². The predicted octanol–water partition coefficient (Wildman–Crippen LogP) is 2.31. The van der Waals surface area contributed by atoms with Crippen LogP contribution in [0.1, 0.15) is 59.4 Å². The van der Waals surface area contributed by atoms with E-state index in [9.17, 15) is 0 Å². The van der Waals surface area contributed by atoms with E-state index in [4.69, 9.17) is 14.0 Å². The number of rotatable bonds is 3. The predicted molar refractivity (Wildman–Crippen MR) is 86.2 cm³/mol. The summed E-state index contributed by atoms with van der Waals surface area (Å²) in [6.45, 7) is 8.29. The average Bonchev–Trinajstić information content (AvgIpc) is 3.03. The highest BCUT2D eigenvalue weighted by Crippen LogP contribution is 2.36. The molecule has 6 heteroatoms. The smallest absolute Gasteiger partial charge is 0.399 e. The summed E-state index contributed by atoms with van der Waals surface area (Å²) in [4.78, 5) is 0. The zero-order valence-electron chi connectivity index (χ0n) is 14.3. The molecule has 5 nitrogen and oxygen atoms in total. The van der Waals surface area contributed by atoms with Crippen molar-refractivity contribution >= 4 is 12.6 Å². The van der Waals surface area contributed by atoms with E-state index >= 15 is 0 Å². The summed E-state index contributed by atoms with van der Waals surface area (Å²) in [5.74, 6) is 0. The number of ether oxygens (including phenoxy) is 1. The molecule has 1 aliphatic heterocycles. The van der Waals surface area contributed by atoms with E-state index in [1.165, 1.54) is 0 Å². The van der Waals surface area contributed by atoms with Crippen molar-refractivity contribution in [3.8, 4) is 0 Å². The first kappa shape index (κ1) is 16.0. The lowest BCUT2D eigenvalue weighted by atomic mass is 9.82. The van der Waals surface area contributed by atoms with E-state index in [1.54, 1.807) is 7.11 Å². The summed E-state index contributed by atoms with van der Waals surface area (Å²) >= 11 is 0. The van der Waals surface area contributed by atoms with Crippen LogP contribution in [0.15, 0.2) is 12.4 Å². The first-order valence-electron chi connectivity index (χ1n) is 8.25. The third-order valence-corrected chi connectivity index (χ3v) is 5.50. The van der Waals surface area contributed by atoms with Crippen LogP contribution in [0.4, 0.5) is 0 Å². The van der Waals surface area contributed by atoms with E-state index in [1.807, 2.05) is 6.20 Å². The fraction of sp³-hybridized carbons (Fsp3) is 0.812. The zero-order chi connectivity index (χ0) is 16.0. The monoisotopic (exact) mass is 306 g/mol. The Morgan fingerprint density at radius 1 is 1.14 bits per heavy atom. The Bertz CT molecular complexity index is 505. The molecule has 3 rings (SSSR count). The van der Waals surface area contributed by atoms with Gasteiger partial charge in [0.2, 0.25) is 0 Å². The van der Waals surface area contributed by atoms with Gasteiger partial charge in [-0.25, -0.2) is 0 Å². The fourth-order valence-electron chi connectivity index (χ4n) is 3.20. The summed E-state index contributed by atoms with van der Waals surface area (Å²) in [5, 5.41) is 4.55. The Labute approximate surface area is 133 Å². The number of aromatic nitrogens is 2. The van der Waals surface area contributed by atoms with Gasteiger partial charge in [0.1, 0.15) is 0 Å². The van der Waals surface area contributed by atoms with Gasteiger partial charge < -0.3 is 14.0 Å². The molecule has 0 bridgehead atoms. The summed E-state index contributed by atoms with van der Waals surface area (Å²) in [5.41, 5.74) is 0.388. The zero-order valence-corrected chi connectivity index (χ0v) is 14.3. The molecule has 0 aromatic carbocycles. The van der Waals surface area contributed by atoms with Gasteiger partial charge in [0.05, 0.1) is 23.3 Å². The van der Waals surface area contributed by atoms with Crippen LogP contribution in [0.5, 0.6) is 0 Å². The third kappa shape index (κ3) is 2.84. The second kappa shape index (κ2) is 5.66. The van der Waals surface area contributed by atoms with Gasteiger partial charge in [0, 0.05) is 25.0 Å². The molecule has 1 aromatic rings. The molecule has 1 saturated heterocycles. The van der Waals surface area contributed by atoms with Crippen molar-refractivity contribution in [2.24, 2.45) is 0 Å². The maximum Gasteiger partial charge on any atom is 0.498 e. The van der Waals surface area contributed by atoms with Crippen LogP contribution >= 0.6 is 0 Å². The van der Waals surface area contributed by atoms with E-state index in [0.29, 0.717) is 12.1 Å². The van der Waals surface area contributed by atoms with Gasteiger partial charge in [-0.1, -0.05) is 0 Å². The molecule has 0 N–H and O–H groups in total. The minimum atomic E-state index is -0.325. The minimum Gasteiger partial charge on any atom is -0.399 e. The van der Waals surface area contributed by atoms with Gasteiger partial charge in [-0.05, 0) is 53.4 Å². The normalized spacial score (nSPS) is 30.7. The summed E-state index contributed by atoms with van der Waals surface area (Å²) < 4.78 is 19.7. The highest BCUT2D eigenvalue weighted by atomic mass is 16.7. The van der Waals surface area contributed by atoms with Crippen LogP contribution in [0.2, 0.25) is 0 Å². The molecule has 1 aliphatic carbocycles. The van der Waals surface area contributed by atoms with Crippen molar-refractivity contribution in [2.75, 3.05) is 7.11 Å². The van der Waals surface area contributed by atoms with Crippen molar-refractivity contribution in [3.63, 3.8) is 0 Å². The Hall–Kier alpha value is -0.845. The largest absolute Gasteiger partial charge is 0.498 e. The van der Waals surface area contributed by atoms with Gasteiger partial charge in [-0.2, -0.15) is 5.10 Å². The lowest BCUT2D eigenvalue weighted by molar-refractivity contribution is 0.00578. The molecule has 0 spiro atoms. The van der Waals surface area contributed by atoms with Crippen LogP contribution in [0.25, 0.3) is 0 Å². The van der Waals surface area contributed by atoms with Gasteiger partial charge >= 0.3 is 7.12 Å². The van der Waals surface area contributed by atoms with Crippen LogP contribution in [0.3, 0.4) is 0 Å². The third-order valence-electron chi connectivity index (χ3n) is 5.50. The summed E-state index contributed by atoms with van der Waals surface area (Å²) in [6.07, 6.45) is 8.81. The number of hydrogen-bond acceptors (Lipinski definition) is 4. The second-order valence-corrected chi connectivity index (χ2v) is 7.51. The SMILES string of the molecule is COC1CCC(n2cc(B3OC(C)(C)C(C)(C)O3)cn2)CC1. The average molecular weight is 306 g/mol. The Balaban J connectivity index is 1.68. The lowest BCUT2D eigenvalue weighted by Crippen LogP contribution is -2.41. The number of hydrogen-bond donors (Lipinski definition) is 0. The van der Waals surface area contributed by atoms with Crippen LogP contribution in [-0.2, 0) is 14.0 Å². The molecular weight excluding hydrogens is 279 g/mol. The van der Waals surface area contributed by atoms with Gasteiger partial charge in [0.15, 0.2) is 0 Å². The van der Waals surface area contributed by atoms with Crippen LogP contribution < -0.4 is 5.46 Å². The highest BCUT2D eigenvalue weighted by Gasteiger charge is 2.52. The summed E-state index contributed by atoms with van der Waals surface area (Å²) in [6, 6.07) is 0.461. The van der Waals surface area contributed by atoms with E-state index in [0.717, 1.165) is 31.1 Å². The molecule has 2 fully saturated rings. The van der Waals surface area contributed by atoms with Gasteiger partial charge in [-0.3, -0.25) is 4.68 Å². The molecule has 2 aliphatic rings. The van der Waals surface area contributed by atoms with Gasteiger partial charge in [0.25, 0.3) is 0 Å². The quantitative estimate of drug-likeness (QED) is 0.804.